The number of rotatable bonds is 6. The summed E-state index contributed by atoms with van der Waals surface area (Å²) in [6.45, 7) is 12.9. The van der Waals surface area contributed by atoms with E-state index >= 15 is 0 Å². The first kappa shape index (κ1) is 16.2. The largest absolute Gasteiger partial charge is 0.489 e. The topological polar surface area (TPSA) is 24.5 Å². The predicted molar refractivity (Wildman–Crippen MR) is 90.2 cm³/mol. The molecule has 1 aromatic rings. The summed E-state index contributed by atoms with van der Waals surface area (Å²) in [4.78, 5) is 2.48. The Hall–Kier alpha value is -1.22. The highest BCUT2D eigenvalue weighted by molar-refractivity contribution is 5.60. The molecule has 3 heteroatoms. The Labute approximate surface area is 129 Å². The van der Waals surface area contributed by atoms with Gasteiger partial charge in [0.1, 0.15) is 5.75 Å². The van der Waals surface area contributed by atoms with Crippen molar-refractivity contribution in [2.24, 2.45) is 5.92 Å². The maximum Gasteiger partial charge on any atom is 0.143 e. The molecule has 0 aliphatic carbocycles. The van der Waals surface area contributed by atoms with Crippen LogP contribution in [0.1, 0.15) is 46.1 Å². The van der Waals surface area contributed by atoms with E-state index in [0.29, 0.717) is 0 Å². The molecule has 0 saturated carbocycles. The molecule has 1 aromatic carbocycles. The standard InChI is InChI=1S/C18H30N2O/c1-5-19-13-16-6-7-17(18(12-16)21-14(2)3)20-10-8-15(4)9-11-20/h6-7,12,14-15,19H,5,8-11,13H2,1-4H3. The number of piperidine rings is 1. The molecule has 3 nitrogen and oxygen atoms in total. The second-order valence-electron chi connectivity index (χ2n) is 6.42. The first-order valence-electron chi connectivity index (χ1n) is 8.35. The number of nitrogens with one attached hydrogen (secondary N) is 1. The first-order chi connectivity index (χ1) is 10.1. The minimum Gasteiger partial charge on any atom is -0.489 e. The zero-order valence-corrected chi connectivity index (χ0v) is 14.0. The van der Waals surface area contributed by atoms with Crippen molar-refractivity contribution >= 4 is 5.69 Å². The molecule has 0 spiro atoms. The lowest BCUT2D eigenvalue weighted by atomic mass is 9.98. The van der Waals surface area contributed by atoms with Crippen molar-refractivity contribution in [2.45, 2.75) is 53.2 Å². The Morgan fingerprint density at radius 1 is 1.29 bits per heavy atom. The molecule has 0 atom stereocenters. The SMILES string of the molecule is CCNCc1ccc(N2CCC(C)CC2)c(OC(C)C)c1. The number of benzene rings is 1. The Bertz CT molecular complexity index is 437. The highest BCUT2D eigenvalue weighted by Gasteiger charge is 2.19. The van der Waals surface area contributed by atoms with Crippen LogP contribution in [0.3, 0.4) is 0 Å². The third-order valence-electron chi connectivity index (χ3n) is 4.09. The molecule has 1 aliphatic heterocycles. The van der Waals surface area contributed by atoms with Gasteiger partial charge >= 0.3 is 0 Å². The summed E-state index contributed by atoms with van der Waals surface area (Å²) < 4.78 is 6.08. The molecule has 1 N–H and O–H groups in total. The monoisotopic (exact) mass is 290 g/mol. The van der Waals surface area contributed by atoms with Gasteiger partial charge in [-0.3, -0.25) is 0 Å². The fraction of sp³-hybridized carbons (Fsp3) is 0.667. The van der Waals surface area contributed by atoms with Crippen LogP contribution < -0.4 is 15.0 Å². The van der Waals surface area contributed by atoms with Crippen LogP contribution in [0, 0.1) is 5.92 Å². The summed E-state index contributed by atoms with van der Waals surface area (Å²) >= 11 is 0. The van der Waals surface area contributed by atoms with Crippen molar-refractivity contribution in [3.8, 4) is 5.75 Å². The summed E-state index contributed by atoms with van der Waals surface area (Å²) in [5.41, 5.74) is 2.55. The van der Waals surface area contributed by atoms with Crippen LogP contribution in [0.5, 0.6) is 5.75 Å². The van der Waals surface area contributed by atoms with Crippen molar-refractivity contribution in [3.63, 3.8) is 0 Å². The average molecular weight is 290 g/mol. The van der Waals surface area contributed by atoms with Gasteiger partial charge in [0.25, 0.3) is 0 Å². The van der Waals surface area contributed by atoms with Gasteiger partial charge in [0, 0.05) is 19.6 Å². The lowest BCUT2D eigenvalue weighted by Gasteiger charge is -2.33. The highest BCUT2D eigenvalue weighted by Crippen LogP contribution is 2.33. The van der Waals surface area contributed by atoms with Gasteiger partial charge < -0.3 is 15.0 Å². The molecule has 1 saturated heterocycles. The minimum absolute atomic E-state index is 0.210. The van der Waals surface area contributed by atoms with Crippen molar-refractivity contribution in [1.82, 2.24) is 5.32 Å². The van der Waals surface area contributed by atoms with Crippen molar-refractivity contribution in [1.29, 1.82) is 0 Å². The van der Waals surface area contributed by atoms with Gasteiger partial charge in [-0.1, -0.05) is 19.9 Å². The van der Waals surface area contributed by atoms with Gasteiger partial charge in [0.15, 0.2) is 0 Å². The molecule has 1 heterocycles. The van der Waals surface area contributed by atoms with Gasteiger partial charge in [-0.05, 0) is 56.8 Å². The second-order valence-corrected chi connectivity index (χ2v) is 6.42. The number of hydrogen-bond acceptors (Lipinski definition) is 3. The molecule has 0 amide bonds. The lowest BCUT2D eigenvalue weighted by molar-refractivity contribution is 0.242. The van der Waals surface area contributed by atoms with E-state index in [1.807, 2.05) is 0 Å². The summed E-state index contributed by atoms with van der Waals surface area (Å²) in [6, 6.07) is 6.67. The Morgan fingerprint density at radius 3 is 2.62 bits per heavy atom. The lowest BCUT2D eigenvalue weighted by Crippen LogP contribution is -2.33. The molecule has 1 fully saturated rings. The van der Waals surface area contributed by atoms with E-state index in [0.717, 1.165) is 37.8 Å². The van der Waals surface area contributed by atoms with E-state index in [1.165, 1.54) is 24.1 Å². The van der Waals surface area contributed by atoms with E-state index in [-0.39, 0.29) is 6.10 Å². The molecule has 21 heavy (non-hydrogen) atoms. The smallest absolute Gasteiger partial charge is 0.143 e. The fourth-order valence-electron chi connectivity index (χ4n) is 2.80. The highest BCUT2D eigenvalue weighted by atomic mass is 16.5. The van der Waals surface area contributed by atoms with E-state index < -0.39 is 0 Å². The second kappa shape index (κ2) is 7.69. The van der Waals surface area contributed by atoms with E-state index in [4.69, 9.17) is 4.74 Å². The predicted octanol–water partition coefficient (Wildman–Crippen LogP) is 3.82. The normalized spacial score (nSPS) is 16.5. The zero-order chi connectivity index (χ0) is 15.2. The Kier molecular flexibility index (Phi) is 5.92. The van der Waals surface area contributed by atoms with Crippen LogP contribution in [0.4, 0.5) is 5.69 Å². The fourth-order valence-corrected chi connectivity index (χ4v) is 2.80. The summed E-state index contributed by atoms with van der Waals surface area (Å²) in [6.07, 6.45) is 2.77. The molecule has 2 rings (SSSR count). The molecule has 0 radical (unpaired) electrons. The summed E-state index contributed by atoms with van der Waals surface area (Å²) in [5, 5.41) is 3.38. The number of hydrogen-bond donors (Lipinski definition) is 1. The molecule has 0 unspecified atom stereocenters. The molecule has 0 aromatic heterocycles. The quantitative estimate of drug-likeness (QED) is 0.862. The van der Waals surface area contributed by atoms with Crippen LogP contribution >= 0.6 is 0 Å². The van der Waals surface area contributed by atoms with Crippen LogP contribution in [0.2, 0.25) is 0 Å². The van der Waals surface area contributed by atoms with E-state index in [2.05, 4.69) is 56.1 Å². The van der Waals surface area contributed by atoms with Gasteiger partial charge in [-0.15, -0.1) is 0 Å². The molecule has 118 valence electrons. The van der Waals surface area contributed by atoms with Crippen molar-refractivity contribution in [3.05, 3.63) is 23.8 Å². The Balaban J connectivity index is 2.18. The Morgan fingerprint density at radius 2 is 2.00 bits per heavy atom. The third kappa shape index (κ3) is 4.63. The molecule has 0 bridgehead atoms. The van der Waals surface area contributed by atoms with Crippen LogP contribution in [0.15, 0.2) is 18.2 Å². The van der Waals surface area contributed by atoms with Crippen LogP contribution in [0.25, 0.3) is 0 Å². The number of ether oxygens (including phenoxy) is 1. The van der Waals surface area contributed by atoms with Crippen molar-refractivity contribution < 1.29 is 4.74 Å². The summed E-state index contributed by atoms with van der Waals surface area (Å²) in [7, 11) is 0. The van der Waals surface area contributed by atoms with Crippen LogP contribution in [-0.2, 0) is 6.54 Å². The van der Waals surface area contributed by atoms with E-state index in [9.17, 15) is 0 Å². The maximum absolute atomic E-state index is 6.08. The van der Waals surface area contributed by atoms with Crippen molar-refractivity contribution in [2.75, 3.05) is 24.5 Å². The average Bonchev–Trinajstić information content (AvgIpc) is 2.46. The van der Waals surface area contributed by atoms with Gasteiger partial charge in [0.05, 0.1) is 11.8 Å². The zero-order valence-electron chi connectivity index (χ0n) is 14.0. The molecule has 1 aliphatic rings. The third-order valence-corrected chi connectivity index (χ3v) is 4.09. The minimum atomic E-state index is 0.210. The number of anilines is 1. The first-order valence-corrected chi connectivity index (χ1v) is 8.35. The van der Waals surface area contributed by atoms with Gasteiger partial charge in [-0.2, -0.15) is 0 Å². The molecular formula is C18H30N2O. The number of nitrogens with zero attached hydrogens (tertiary/aromatic N) is 1. The maximum atomic E-state index is 6.08. The molecular weight excluding hydrogens is 260 g/mol. The van der Waals surface area contributed by atoms with Gasteiger partial charge in [-0.25, -0.2) is 0 Å². The van der Waals surface area contributed by atoms with Gasteiger partial charge in [0.2, 0.25) is 0 Å². The van der Waals surface area contributed by atoms with E-state index in [1.54, 1.807) is 0 Å². The van der Waals surface area contributed by atoms with Crippen LogP contribution in [-0.4, -0.2) is 25.7 Å². The summed E-state index contributed by atoms with van der Waals surface area (Å²) in [5.74, 6) is 1.89.